The highest BCUT2D eigenvalue weighted by atomic mass is 16.4. The van der Waals surface area contributed by atoms with E-state index in [0.717, 1.165) is 12.8 Å². The minimum Gasteiger partial charge on any atom is -0.481 e. The molecule has 1 rings (SSSR count). The van der Waals surface area contributed by atoms with Crippen molar-refractivity contribution in [1.29, 1.82) is 0 Å². The number of aliphatic carboxylic acids is 1. The number of hydrogen-bond acceptors (Lipinski definition) is 3. The van der Waals surface area contributed by atoms with E-state index in [-0.39, 0.29) is 30.6 Å². The monoisotopic (exact) mass is 326 g/mol. The molecular weight excluding hydrogens is 296 g/mol. The third-order valence-corrected chi connectivity index (χ3v) is 4.46. The summed E-state index contributed by atoms with van der Waals surface area (Å²) in [5.74, 6) is -0.947. The highest BCUT2D eigenvalue weighted by Gasteiger charge is 2.33. The number of likely N-dealkylation sites (tertiary alicyclic amines) is 1. The Hall–Kier alpha value is -1.59. The fraction of sp³-hybridized carbons (Fsp3) is 0.824. The van der Waals surface area contributed by atoms with Gasteiger partial charge in [0.25, 0.3) is 0 Å². The topological polar surface area (TPSA) is 77.9 Å². The fourth-order valence-electron chi connectivity index (χ4n) is 3.19. The Balaban J connectivity index is 2.65. The van der Waals surface area contributed by atoms with E-state index in [1.807, 2.05) is 18.7 Å². The van der Waals surface area contributed by atoms with Crippen LogP contribution < -0.4 is 0 Å². The largest absolute Gasteiger partial charge is 0.481 e. The van der Waals surface area contributed by atoms with Gasteiger partial charge in [0.05, 0.1) is 12.3 Å². The Morgan fingerprint density at radius 1 is 1.17 bits per heavy atom. The van der Waals surface area contributed by atoms with Crippen LogP contribution in [0.1, 0.15) is 53.4 Å². The van der Waals surface area contributed by atoms with Crippen LogP contribution in [-0.4, -0.2) is 58.9 Å². The third kappa shape index (κ3) is 5.84. The molecule has 0 saturated carbocycles. The van der Waals surface area contributed by atoms with Crippen LogP contribution in [0, 0.1) is 11.3 Å². The van der Waals surface area contributed by atoms with Crippen molar-refractivity contribution in [3.05, 3.63) is 0 Å². The maximum absolute atomic E-state index is 12.5. The lowest BCUT2D eigenvalue weighted by molar-refractivity contribution is -0.142. The minimum absolute atomic E-state index is 0.0333. The van der Waals surface area contributed by atoms with Gasteiger partial charge in [-0.05, 0) is 32.1 Å². The number of hydrogen-bond donors (Lipinski definition) is 1. The second kappa shape index (κ2) is 8.31. The first-order valence-electron chi connectivity index (χ1n) is 8.48. The lowest BCUT2D eigenvalue weighted by Gasteiger charge is -2.36. The quantitative estimate of drug-likeness (QED) is 0.776. The van der Waals surface area contributed by atoms with Crippen LogP contribution in [0.25, 0.3) is 0 Å². The lowest BCUT2D eigenvalue weighted by atomic mass is 9.84. The highest BCUT2D eigenvalue weighted by molar-refractivity contribution is 5.82. The Labute approximate surface area is 138 Å². The molecule has 1 N–H and O–H groups in total. The molecule has 1 aliphatic rings. The van der Waals surface area contributed by atoms with Gasteiger partial charge >= 0.3 is 5.97 Å². The fourth-order valence-corrected chi connectivity index (χ4v) is 3.19. The molecular formula is C17H30N2O4. The summed E-state index contributed by atoms with van der Waals surface area (Å²) in [6.45, 7) is 9.99. The van der Waals surface area contributed by atoms with Crippen LogP contribution in [0.2, 0.25) is 0 Å². The van der Waals surface area contributed by atoms with Gasteiger partial charge in [-0.25, -0.2) is 0 Å². The average molecular weight is 326 g/mol. The number of amides is 2. The molecule has 1 saturated heterocycles. The molecule has 0 aromatic heterocycles. The first-order valence-corrected chi connectivity index (χ1v) is 8.48. The molecule has 2 amide bonds. The zero-order valence-corrected chi connectivity index (χ0v) is 14.8. The van der Waals surface area contributed by atoms with E-state index < -0.39 is 11.4 Å². The van der Waals surface area contributed by atoms with Crippen LogP contribution in [0.4, 0.5) is 0 Å². The molecule has 0 radical (unpaired) electrons. The molecule has 0 spiro atoms. The summed E-state index contributed by atoms with van der Waals surface area (Å²) >= 11 is 0. The first kappa shape index (κ1) is 19.5. The predicted molar refractivity (Wildman–Crippen MR) is 87.9 cm³/mol. The van der Waals surface area contributed by atoms with Crippen LogP contribution in [0.15, 0.2) is 0 Å². The van der Waals surface area contributed by atoms with Crippen LogP contribution in [0.5, 0.6) is 0 Å². The van der Waals surface area contributed by atoms with Crippen LogP contribution in [0.3, 0.4) is 0 Å². The minimum atomic E-state index is -0.893. The predicted octanol–water partition coefficient (Wildman–Crippen LogP) is 1.98. The van der Waals surface area contributed by atoms with Gasteiger partial charge in [-0.15, -0.1) is 0 Å². The maximum atomic E-state index is 12.5. The van der Waals surface area contributed by atoms with Crippen molar-refractivity contribution in [1.82, 2.24) is 9.80 Å². The number of rotatable bonds is 7. The van der Waals surface area contributed by atoms with Gasteiger partial charge in [0, 0.05) is 32.6 Å². The van der Waals surface area contributed by atoms with E-state index in [9.17, 15) is 14.4 Å². The summed E-state index contributed by atoms with van der Waals surface area (Å²) in [6, 6.07) is 0. The number of nitrogens with zero attached hydrogens (tertiary/aromatic N) is 2. The van der Waals surface area contributed by atoms with Crippen molar-refractivity contribution in [2.24, 2.45) is 11.3 Å². The maximum Gasteiger partial charge on any atom is 0.303 e. The van der Waals surface area contributed by atoms with E-state index in [4.69, 9.17) is 5.11 Å². The number of carboxylic acids is 1. The molecule has 1 heterocycles. The zero-order chi connectivity index (χ0) is 17.6. The van der Waals surface area contributed by atoms with Gasteiger partial charge in [-0.1, -0.05) is 13.8 Å². The van der Waals surface area contributed by atoms with Crippen molar-refractivity contribution < 1.29 is 19.5 Å². The molecule has 0 bridgehead atoms. The highest BCUT2D eigenvalue weighted by Crippen LogP contribution is 2.28. The lowest BCUT2D eigenvalue weighted by Crippen LogP contribution is -2.47. The second-order valence-corrected chi connectivity index (χ2v) is 7.10. The Bertz CT molecular complexity index is 444. The van der Waals surface area contributed by atoms with Gasteiger partial charge in [0.2, 0.25) is 11.8 Å². The van der Waals surface area contributed by atoms with E-state index >= 15 is 0 Å². The molecule has 1 aliphatic heterocycles. The Morgan fingerprint density at radius 3 is 2.30 bits per heavy atom. The van der Waals surface area contributed by atoms with E-state index in [0.29, 0.717) is 26.2 Å². The van der Waals surface area contributed by atoms with E-state index in [2.05, 4.69) is 0 Å². The van der Waals surface area contributed by atoms with Crippen molar-refractivity contribution in [2.75, 3.05) is 26.2 Å². The summed E-state index contributed by atoms with van der Waals surface area (Å²) in [5, 5.41) is 8.93. The smallest absolute Gasteiger partial charge is 0.303 e. The third-order valence-electron chi connectivity index (χ3n) is 4.46. The summed E-state index contributed by atoms with van der Waals surface area (Å²) < 4.78 is 0. The second-order valence-electron chi connectivity index (χ2n) is 7.10. The summed E-state index contributed by atoms with van der Waals surface area (Å²) in [4.78, 5) is 39.4. The SMILES string of the molecule is CCN(CC)C(=O)C1CCCN(C(=O)CC(C)(C)CC(=O)O)C1. The molecule has 1 fully saturated rings. The van der Waals surface area contributed by atoms with Crippen molar-refractivity contribution in [3.63, 3.8) is 0 Å². The number of piperidine rings is 1. The van der Waals surface area contributed by atoms with Crippen molar-refractivity contribution >= 4 is 17.8 Å². The zero-order valence-electron chi connectivity index (χ0n) is 14.8. The first-order chi connectivity index (χ1) is 10.7. The molecule has 132 valence electrons. The summed E-state index contributed by atoms with van der Waals surface area (Å²) in [6.07, 6.45) is 1.81. The van der Waals surface area contributed by atoms with Crippen molar-refractivity contribution in [3.8, 4) is 0 Å². The standard InChI is InChI=1S/C17H30N2O4/c1-5-18(6-2)16(23)13-8-7-9-19(12-13)14(20)10-17(3,4)11-15(21)22/h13H,5-12H2,1-4H3,(H,21,22). The van der Waals surface area contributed by atoms with Gasteiger partial charge in [0.15, 0.2) is 0 Å². The number of carboxylic acid groups (broad SMARTS) is 1. The van der Waals surface area contributed by atoms with Gasteiger partial charge in [0.1, 0.15) is 0 Å². The Morgan fingerprint density at radius 2 is 1.78 bits per heavy atom. The normalized spacial score (nSPS) is 18.6. The number of carbonyl (C=O) groups is 3. The molecule has 0 aromatic carbocycles. The molecule has 23 heavy (non-hydrogen) atoms. The summed E-state index contributed by atoms with van der Waals surface area (Å²) in [7, 11) is 0. The van der Waals surface area contributed by atoms with Crippen LogP contribution in [-0.2, 0) is 14.4 Å². The average Bonchev–Trinajstić information content (AvgIpc) is 2.46. The van der Waals surface area contributed by atoms with Gasteiger partial charge < -0.3 is 14.9 Å². The van der Waals surface area contributed by atoms with E-state index in [1.54, 1.807) is 18.7 Å². The molecule has 0 aromatic rings. The molecule has 0 aliphatic carbocycles. The number of carbonyl (C=O) groups excluding carboxylic acids is 2. The van der Waals surface area contributed by atoms with Crippen molar-refractivity contribution in [2.45, 2.75) is 53.4 Å². The Kier molecular flexibility index (Phi) is 7.03. The molecule has 1 unspecified atom stereocenters. The van der Waals surface area contributed by atoms with E-state index in [1.165, 1.54) is 0 Å². The molecule has 6 nitrogen and oxygen atoms in total. The van der Waals surface area contributed by atoms with Gasteiger partial charge in [-0.2, -0.15) is 0 Å². The van der Waals surface area contributed by atoms with Gasteiger partial charge in [-0.3, -0.25) is 14.4 Å². The molecule has 6 heteroatoms. The molecule has 1 atom stereocenters. The summed E-state index contributed by atoms with van der Waals surface area (Å²) in [5.41, 5.74) is -0.571. The van der Waals surface area contributed by atoms with Crippen LogP contribution >= 0.6 is 0 Å².